The van der Waals surface area contributed by atoms with Gasteiger partial charge in [-0.1, -0.05) is 24.3 Å². The van der Waals surface area contributed by atoms with Crippen molar-refractivity contribution in [2.45, 2.75) is 6.54 Å². The van der Waals surface area contributed by atoms with Crippen molar-refractivity contribution in [2.24, 2.45) is 5.73 Å². The van der Waals surface area contributed by atoms with Gasteiger partial charge in [0.25, 0.3) is 0 Å². The van der Waals surface area contributed by atoms with Crippen LogP contribution in [0.1, 0.15) is 5.56 Å². The van der Waals surface area contributed by atoms with Crippen LogP contribution in [0.2, 0.25) is 0 Å². The molecule has 0 fully saturated rings. The molecule has 4 heteroatoms. The molecule has 0 radical (unpaired) electrons. The molecule has 0 spiro atoms. The first-order valence-corrected chi connectivity index (χ1v) is 7.52. The number of aromatic nitrogens is 3. The highest BCUT2D eigenvalue weighted by Gasteiger charge is 2.06. The van der Waals surface area contributed by atoms with Crippen LogP contribution >= 0.6 is 0 Å². The Hall–Kier alpha value is -2.98. The minimum Gasteiger partial charge on any atom is -0.326 e. The van der Waals surface area contributed by atoms with Crippen LogP contribution in [0.5, 0.6) is 0 Å². The molecule has 4 aromatic rings. The molecule has 2 N–H and O–H groups in total. The van der Waals surface area contributed by atoms with Crippen molar-refractivity contribution in [3.05, 3.63) is 78.9 Å². The molecular weight excluding hydrogens is 284 g/mol. The summed E-state index contributed by atoms with van der Waals surface area (Å²) in [5.41, 5.74) is 12.1. The molecule has 0 aliphatic heterocycles. The number of fused-ring (bicyclic) bond motifs is 1. The second-order valence-corrected chi connectivity index (χ2v) is 5.43. The SMILES string of the molecule is NCc1ccc2c(c1)ncn2-c1cccc(-c2cccnc2)c1. The van der Waals surface area contributed by atoms with Gasteiger partial charge in [0.05, 0.1) is 11.0 Å². The number of hydrogen-bond donors (Lipinski definition) is 1. The first-order valence-electron chi connectivity index (χ1n) is 7.52. The zero-order valence-electron chi connectivity index (χ0n) is 12.6. The molecule has 0 bridgehead atoms. The number of nitrogens with zero attached hydrogens (tertiary/aromatic N) is 3. The zero-order chi connectivity index (χ0) is 15.6. The molecule has 0 aliphatic carbocycles. The third kappa shape index (κ3) is 2.49. The molecule has 0 aliphatic rings. The van der Waals surface area contributed by atoms with Crippen molar-refractivity contribution in [1.29, 1.82) is 0 Å². The largest absolute Gasteiger partial charge is 0.326 e. The third-order valence-electron chi connectivity index (χ3n) is 3.97. The van der Waals surface area contributed by atoms with E-state index in [9.17, 15) is 0 Å². The summed E-state index contributed by atoms with van der Waals surface area (Å²) in [4.78, 5) is 8.69. The van der Waals surface area contributed by atoms with E-state index >= 15 is 0 Å². The van der Waals surface area contributed by atoms with E-state index in [4.69, 9.17) is 5.73 Å². The number of rotatable bonds is 3. The Morgan fingerprint density at radius 2 is 1.87 bits per heavy atom. The van der Waals surface area contributed by atoms with Gasteiger partial charge in [-0.05, 0) is 41.5 Å². The quantitative estimate of drug-likeness (QED) is 0.629. The van der Waals surface area contributed by atoms with E-state index in [0.29, 0.717) is 6.54 Å². The van der Waals surface area contributed by atoms with Crippen molar-refractivity contribution < 1.29 is 0 Å². The van der Waals surface area contributed by atoms with Gasteiger partial charge in [-0.15, -0.1) is 0 Å². The van der Waals surface area contributed by atoms with E-state index in [1.54, 1.807) is 6.20 Å². The Bertz CT molecular complexity index is 957. The molecule has 2 aromatic carbocycles. The predicted octanol–water partition coefficient (Wildman–Crippen LogP) is 3.55. The fourth-order valence-corrected chi connectivity index (χ4v) is 2.76. The Labute approximate surface area is 134 Å². The molecule has 0 saturated carbocycles. The Morgan fingerprint density at radius 3 is 2.70 bits per heavy atom. The second-order valence-electron chi connectivity index (χ2n) is 5.43. The topological polar surface area (TPSA) is 56.7 Å². The summed E-state index contributed by atoms with van der Waals surface area (Å²) in [7, 11) is 0. The van der Waals surface area contributed by atoms with Gasteiger partial charge in [-0.25, -0.2) is 4.98 Å². The van der Waals surface area contributed by atoms with Crippen LogP contribution in [0.15, 0.2) is 73.3 Å². The predicted molar refractivity (Wildman–Crippen MR) is 92.2 cm³/mol. The molecule has 4 rings (SSSR count). The summed E-state index contributed by atoms with van der Waals surface area (Å²) >= 11 is 0. The van der Waals surface area contributed by atoms with E-state index < -0.39 is 0 Å². The third-order valence-corrected chi connectivity index (χ3v) is 3.97. The average Bonchev–Trinajstić information content (AvgIpc) is 3.05. The highest BCUT2D eigenvalue weighted by Crippen LogP contribution is 2.24. The van der Waals surface area contributed by atoms with E-state index in [2.05, 4.69) is 50.9 Å². The fraction of sp³-hybridized carbons (Fsp3) is 0.0526. The van der Waals surface area contributed by atoms with Crippen LogP contribution in [0.3, 0.4) is 0 Å². The van der Waals surface area contributed by atoms with Crippen molar-refractivity contribution in [2.75, 3.05) is 0 Å². The minimum absolute atomic E-state index is 0.527. The Morgan fingerprint density at radius 1 is 0.957 bits per heavy atom. The van der Waals surface area contributed by atoms with Gasteiger partial charge in [0.1, 0.15) is 6.33 Å². The van der Waals surface area contributed by atoms with Crippen LogP contribution in [0, 0.1) is 0 Å². The van der Waals surface area contributed by atoms with E-state index in [1.807, 2.05) is 30.7 Å². The number of benzene rings is 2. The van der Waals surface area contributed by atoms with Crippen LogP contribution in [-0.4, -0.2) is 14.5 Å². The zero-order valence-corrected chi connectivity index (χ0v) is 12.6. The lowest BCUT2D eigenvalue weighted by Gasteiger charge is -2.08. The van der Waals surface area contributed by atoms with Gasteiger partial charge in [0, 0.05) is 30.2 Å². The van der Waals surface area contributed by atoms with E-state index in [-0.39, 0.29) is 0 Å². The smallest absolute Gasteiger partial charge is 0.100 e. The molecule has 2 heterocycles. The van der Waals surface area contributed by atoms with Gasteiger partial charge >= 0.3 is 0 Å². The normalized spacial score (nSPS) is 11.0. The van der Waals surface area contributed by atoms with Gasteiger partial charge in [0.2, 0.25) is 0 Å². The molecule has 0 saturated heterocycles. The summed E-state index contributed by atoms with van der Waals surface area (Å²) in [6.07, 6.45) is 5.51. The lowest BCUT2D eigenvalue weighted by Crippen LogP contribution is -1.96. The molecule has 0 atom stereocenters. The van der Waals surface area contributed by atoms with Gasteiger partial charge < -0.3 is 5.73 Å². The molecule has 4 nitrogen and oxygen atoms in total. The molecule has 112 valence electrons. The second kappa shape index (κ2) is 5.66. The van der Waals surface area contributed by atoms with Crippen LogP contribution in [0.4, 0.5) is 0 Å². The summed E-state index contributed by atoms with van der Waals surface area (Å²) in [5, 5.41) is 0. The summed E-state index contributed by atoms with van der Waals surface area (Å²) in [6.45, 7) is 0.527. The number of hydrogen-bond acceptors (Lipinski definition) is 3. The Kier molecular flexibility index (Phi) is 3.37. The Balaban J connectivity index is 1.82. The van der Waals surface area contributed by atoms with E-state index in [0.717, 1.165) is 33.4 Å². The van der Waals surface area contributed by atoms with Crippen LogP contribution in [0.25, 0.3) is 27.8 Å². The van der Waals surface area contributed by atoms with Gasteiger partial charge in [-0.2, -0.15) is 0 Å². The minimum atomic E-state index is 0.527. The number of nitrogens with two attached hydrogens (primary N) is 1. The van der Waals surface area contributed by atoms with Crippen molar-refractivity contribution in [1.82, 2.24) is 14.5 Å². The lowest BCUT2D eigenvalue weighted by atomic mass is 10.1. The van der Waals surface area contributed by atoms with E-state index in [1.165, 1.54) is 0 Å². The highest BCUT2D eigenvalue weighted by atomic mass is 15.0. The first kappa shape index (κ1) is 13.7. The standard InChI is InChI=1S/C19H16N4/c20-11-14-6-7-19-18(9-14)22-13-23(19)17-5-1-3-15(10-17)16-4-2-8-21-12-16/h1-10,12-13H,11,20H2. The molecular formula is C19H16N4. The summed E-state index contributed by atoms with van der Waals surface area (Å²) in [5.74, 6) is 0. The maximum absolute atomic E-state index is 5.70. The number of pyridine rings is 1. The average molecular weight is 300 g/mol. The molecule has 23 heavy (non-hydrogen) atoms. The monoisotopic (exact) mass is 300 g/mol. The van der Waals surface area contributed by atoms with Gasteiger partial charge in [-0.3, -0.25) is 9.55 Å². The molecule has 0 amide bonds. The fourth-order valence-electron chi connectivity index (χ4n) is 2.76. The number of imidazole rings is 1. The maximum Gasteiger partial charge on any atom is 0.100 e. The van der Waals surface area contributed by atoms with Crippen LogP contribution < -0.4 is 5.73 Å². The van der Waals surface area contributed by atoms with Crippen molar-refractivity contribution in [3.63, 3.8) is 0 Å². The molecule has 0 unspecified atom stereocenters. The lowest BCUT2D eigenvalue weighted by molar-refractivity contribution is 1.07. The highest BCUT2D eigenvalue weighted by molar-refractivity contribution is 5.78. The maximum atomic E-state index is 5.70. The van der Waals surface area contributed by atoms with Crippen molar-refractivity contribution >= 4 is 11.0 Å². The van der Waals surface area contributed by atoms with Crippen molar-refractivity contribution in [3.8, 4) is 16.8 Å². The van der Waals surface area contributed by atoms with Gasteiger partial charge in [0.15, 0.2) is 0 Å². The summed E-state index contributed by atoms with van der Waals surface area (Å²) < 4.78 is 2.09. The summed E-state index contributed by atoms with van der Waals surface area (Å²) in [6, 6.07) is 18.5. The molecule has 2 aromatic heterocycles. The first-order chi connectivity index (χ1) is 11.3. The van der Waals surface area contributed by atoms with Crippen LogP contribution in [-0.2, 0) is 6.54 Å².